The number of fused-ring (bicyclic) bond motifs is 1. The number of H-pyrrole nitrogens is 1. The molecule has 8 heteroatoms. The number of benzene rings is 1. The molecule has 0 radical (unpaired) electrons. The zero-order valence-electron chi connectivity index (χ0n) is 18.7. The Hall–Kier alpha value is -2.03. The van der Waals surface area contributed by atoms with Crippen LogP contribution in [0.25, 0.3) is 10.9 Å². The standard InChI is InChI=1S/C22H35N5O2S/c1-5-25(6-2)13-9-12-23-20(28)17-10-11-18-19(16-17)24-22(30)27(21(18)29)15-14-26(7-3)8-4/h10-11,16H,5-9,12-15H2,1-4H3,(H,23,28)(H,24,30). The van der Waals surface area contributed by atoms with Gasteiger partial charge in [0.2, 0.25) is 0 Å². The Morgan fingerprint density at radius 2 is 1.70 bits per heavy atom. The highest BCUT2D eigenvalue weighted by atomic mass is 32.1. The molecule has 30 heavy (non-hydrogen) atoms. The number of likely N-dealkylation sites (N-methyl/N-ethyl adjacent to an activating group) is 1. The number of aromatic nitrogens is 2. The summed E-state index contributed by atoms with van der Waals surface area (Å²) in [5, 5.41) is 3.50. The molecule has 0 aliphatic rings. The molecule has 0 atom stereocenters. The van der Waals surface area contributed by atoms with Crippen molar-refractivity contribution in [1.29, 1.82) is 0 Å². The van der Waals surface area contributed by atoms with E-state index >= 15 is 0 Å². The third-order valence-electron chi connectivity index (χ3n) is 5.61. The summed E-state index contributed by atoms with van der Waals surface area (Å²) < 4.78 is 1.99. The quantitative estimate of drug-likeness (QED) is 0.398. The van der Waals surface area contributed by atoms with Gasteiger partial charge < -0.3 is 20.1 Å². The van der Waals surface area contributed by atoms with E-state index in [9.17, 15) is 9.59 Å². The van der Waals surface area contributed by atoms with Crippen molar-refractivity contribution < 1.29 is 4.79 Å². The maximum absolute atomic E-state index is 12.9. The molecule has 0 saturated carbocycles. The molecule has 0 saturated heterocycles. The molecule has 1 aromatic carbocycles. The third-order valence-corrected chi connectivity index (χ3v) is 5.93. The third kappa shape index (κ3) is 6.23. The van der Waals surface area contributed by atoms with Crippen molar-refractivity contribution in [2.75, 3.05) is 45.8 Å². The van der Waals surface area contributed by atoms with Crippen LogP contribution in [0.1, 0.15) is 44.5 Å². The van der Waals surface area contributed by atoms with Crippen molar-refractivity contribution in [2.24, 2.45) is 0 Å². The van der Waals surface area contributed by atoms with Crippen LogP contribution < -0.4 is 10.9 Å². The van der Waals surface area contributed by atoms with Crippen molar-refractivity contribution in [3.8, 4) is 0 Å². The number of nitrogens with one attached hydrogen (secondary N) is 2. The van der Waals surface area contributed by atoms with Crippen LogP contribution in [-0.4, -0.2) is 71.1 Å². The van der Waals surface area contributed by atoms with Crippen molar-refractivity contribution in [3.05, 3.63) is 38.9 Å². The van der Waals surface area contributed by atoms with E-state index in [0.29, 0.717) is 34.3 Å². The zero-order chi connectivity index (χ0) is 22.1. The maximum Gasteiger partial charge on any atom is 0.262 e. The average molecular weight is 434 g/mol. The molecule has 0 spiro atoms. The average Bonchev–Trinajstić information content (AvgIpc) is 2.75. The van der Waals surface area contributed by atoms with Crippen LogP contribution >= 0.6 is 12.2 Å². The SMILES string of the molecule is CCN(CC)CCCNC(=O)c1ccc2c(=O)n(CCN(CC)CC)c(=S)[nH]c2c1. The molecule has 0 fully saturated rings. The van der Waals surface area contributed by atoms with Crippen LogP contribution in [0.4, 0.5) is 0 Å². The largest absolute Gasteiger partial charge is 0.352 e. The summed E-state index contributed by atoms with van der Waals surface area (Å²) in [4.78, 5) is 33.1. The Bertz CT molecular complexity index is 945. The molecular formula is C22H35N5O2S. The maximum atomic E-state index is 12.9. The minimum atomic E-state index is -0.138. The number of aromatic amines is 1. The molecule has 1 heterocycles. The predicted molar refractivity (Wildman–Crippen MR) is 126 cm³/mol. The summed E-state index contributed by atoms with van der Waals surface area (Å²) in [6.45, 7) is 15.3. The molecule has 0 unspecified atom stereocenters. The van der Waals surface area contributed by atoms with E-state index in [-0.39, 0.29) is 11.5 Å². The fourth-order valence-corrected chi connectivity index (χ4v) is 3.81. The van der Waals surface area contributed by atoms with Gasteiger partial charge in [-0.25, -0.2) is 0 Å². The number of rotatable bonds is 12. The van der Waals surface area contributed by atoms with E-state index in [0.717, 1.165) is 45.7 Å². The highest BCUT2D eigenvalue weighted by Crippen LogP contribution is 2.11. The minimum absolute atomic E-state index is 0.118. The van der Waals surface area contributed by atoms with Gasteiger partial charge in [0.1, 0.15) is 0 Å². The van der Waals surface area contributed by atoms with Crippen molar-refractivity contribution in [1.82, 2.24) is 24.7 Å². The molecule has 2 N–H and O–H groups in total. The van der Waals surface area contributed by atoms with Crippen LogP contribution in [0.2, 0.25) is 0 Å². The highest BCUT2D eigenvalue weighted by Gasteiger charge is 2.11. The van der Waals surface area contributed by atoms with Crippen LogP contribution in [0.3, 0.4) is 0 Å². The lowest BCUT2D eigenvalue weighted by Gasteiger charge is -2.18. The van der Waals surface area contributed by atoms with Gasteiger partial charge >= 0.3 is 0 Å². The molecule has 1 amide bonds. The summed E-state index contributed by atoms with van der Waals surface area (Å²) in [5.41, 5.74) is 1.00. The van der Waals surface area contributed by atoms with Gasteiger partial charge in [0.05, 0.1) is 10.9 Å². The molecule has 1 aromatic heterocycles. The topological polar surface area (TPSA) is 73.4 Å². The Kier molecular flexibility index (Phi) is 9.68. The van der Waals surface area contributed by atoms with Crippen molar-refractivity contribution in [2.45, 2.75) is 40.7 Å². The first-order valence-corrected chi connectivity index (χ1v) is 11.4. The molecular weight excluding hydrogens is 398 g/mol. The van der Waals surface area contributed by atoms with Gasteiger partial charge in [-0.05, 0) is 69.6 Å². The lowest BCUT2D eigenvalue weighted by Crippen LogP contribution is -2.32. The first-order valence-electron chi connectivity index (χ1n) is 10.9. The van der Waals surface area contributed by atoms with Gasteiger partial charge in [-0.15, -0.1) is 0 Å². The van der Waals surface area contributed by atoms with Gasteiger partial charge in [-0.3, -0.25) is 14.2 Å². The fraction of sp³-hybridized carbons (Fsp3) is 0.591. The molecule has 2 aromatic rings. The molecule has 166 valence electrons. The molecule has 2 rings (SSSR count). The normalized spacial score (nSPS) is 11.5. The second-order valence-electron chi connectivity index (χ2n) is 7.31. The van der Waals surface area contributed by atoms with Gasteiger partial charge in [0.25, 0.3) is 11.5 Å². The van der Waals surface area contributed by atoms with E-state index in [1.54, 1.807) is 22.8 Å². The number of nitrogens with zero attached hydrogens (tertiary/aromatic N) is 3. The van der Waals surface area contributed by atoms with E-state index in [1.807, 2.05) is 0 Å². The Morgan fingerprint density at radius 1 is 1.07 bits per heavy atom. The number of carbonyl (C=O) groups excluding carboxylic acids is 1. The van der Waals surface area contributed by atoms with Crippen LogP contribution in [-0.2, 0) is 6.54 Å². The first-order chi connectivity index (χ1) is 14.4. The smallest absolute Gasteiger partial charge is 0.262 e. The van der Waals surface area contributed by atoms with Crippen LogP contribution in [0, 0.1) is 4.77 Å². The number of amides is 1. The minimum Gasteiger partial charge on any atom is -0.352 e. The van der Waals surface area contributed by atoms with Gasteiger partial charge in [0.15, 0.2) is 4.77 Å². The summed E-state index contributed by atoms with van der Waals surface area (Å²) in [5.74, 6) is -0.138. The number of carbonyl (C=O) groups is 1. The van der Waals surface area contributed by atoms with Crippen molar-refractivity contribution in [3.63, 3.8) is 0 Å². The molecule has 0 aliphatic carbocycles. The lowest BCUT2D eigenvalue weighted by molar-refractivity contribution is 0.0952. The summed E-state index contributed by atoms with van der Waals surface area (Å²) in [7, 11) is 0. The summed E-state index contributed by atoms with van der Waals surface area (Å²) in [6, 6.07) is 5.12. The number of hydrogen-bond donors (Lipinski definition) is 2. The van der Waals surface area contributed by atoms with E-state index in [4.69, 9.17) is 12.2 Å². The zero-order valence-corrected chi connectivity index (χ0v) is 19.5. The fourth-order valence-electron chi connectivity index (χ4n) is 3.53. The Morgan fingerprint density at radius 3 is 2.33 bits per heavy atom. The van der Waals surface area contributed by atoms with Crippen LogP contribution in [0.5, 0.6) is 0 Å². The molecule has 0 bridgehead atoms. The summed E-state index contributed by atoms with van der Waals surface area (Å²) >= 11 is 5.42. The highest BCUT2D eigenvalue weighted by molar-refractivity contribution is 7.71. The number of hydrogen-bond acceptors (Lipinski definition) is 5. The Labute approximate surface area is 184 Å². The van der Waals surface area contributed by atoms with E-state index in [2.05, 4.69) is 47.8 Å². The second-order valence-corrected chi connectivity index (χ2v) is 7.70. The molecule has 7 nitrogen and oxygen atoms in total. The monoisotopic (exact) mass is 433 g/mol. The second kappa shape index (κ2) is 12.0. The Balaban J connectivity index is 2.11. The van der Waals surface area contributed by atoms with Gasteiger partial charge in [-0.1, -0.05) is 27.7 Å². The van der Waals surface area contributed by atoms with Gasteiger partial charge in [0, 0.05) is 25.2 Å². The van der Waals surface area contributed by atoms with Crippen LogP contribution in [0.15, 0.2) is 23.0 Å². The molecule has 0 aliphatic heterocycles. The summed E-state index contributed by atoms with van der Waals surface area (Å²) in [6.07, 6.45) is 0.903. The van der Waals surface area contributed by atoms with E-state index < -0.39 is 0 Å². The van der Waals surface area contributed by atoms with Crippen molar-refractivity contribution >= 4 is 29.0 Å². The van der Waals surface area contributed by atoms with E-state index in [1.165, 1.54) is 0 Å². The van der Waals surface area contributed by atoms with Gasteiger partial charge in [-0.2, -0.15) is 0 Å². The predicted octanol–water partition coefficient (Wildman–Crippen LogP) is 2.86. The lowest BCUT2D eigenvalue weighted by atomic mass is 10.1. The first kappa shape index (κ1) is 24.2.